The van der Waals surface area contributed by atoms with Gasteiger partial charge in [-0.3, -0.25) is 4.79 Å². The van der Waals surface area contributed by atoms with Gasteiger partial charge in [0.1, 0.15) is 0 Å². The van der Waals surface area contributed by atoms with Crippen molar-refractivity contribution in [3.8, 4) is 0 Å². The van der Waals surface area contributed by atoms with Crippen molar-refractivity contribution < 1.29 is 9.90 Å². The van der Waals surface area contributed by atoms with Crippen LogP contribution in [0.3, 0.4) is 0 Å². The fourth-order valence-corrected chi connectivity index (χ4v) is 1.60. The van der Waals surface area contributed by atoms with Gasteiger partial charge in [0, 0.05) is 6.54 Å². The molecule has 1 saturated heterocycles. The Balaban J connectivity index is 2.13. The first-order chi connectivity index (χ1) is 6.70. The molecule has 2 atom stereocenters. The van der Waals surface area contributed by atoms with Crippen molar-refractivity contribution >= 4 is 5.91 Å². The van der Waals surface area contributed by atoms with Gasteiger partial charge in [-0.05, 0) is 32.7 Å². The highest BCUT2D eigenvalue weighted by Crippen LogP contribution is 2.06. The Morgan fingerprint density at radius 3 is 3.00 bits per heavy atom. The molecule has 0 saturated carbocycles. The van der Waals surface area contributed by atoms with E-state index in [0.29, 0.717) is 13.0 Å². The normalized spacial score (nSPS) is 24.3. The number of piperidine rings is 1. The zero-order valence-corrected chi connectivity index (χ0v) is 8.75. The Morgan fingerprint density at radius 2 is 2.43 bits per heavy atom. The van der Waals surface area contributed by atoms with Crippen molar-refractivity contribution in [2.75, 3.05) is 13.1 Å². The van der Waals surface area contributed by atoms with Crippen molar-refractivity contribution in [2.24, 2.45) is 0 Å². The number of rotatable bonds is 4. The average Bonchev–Trinajstić information content (AvgIpc) is 2.18. The molecule has 0 radical (unpaired) electrons. The summed E-state index contributed by atoms with van der Waals surface area (Å²) in [6.07, 6.45) is 3.51. The van der Waals surface area contributed by atoms with Crippen LogP contribution in [-0.4, -0.2) is 36.2 Å². The maximum absolute atomic E-state index is 11.5. The lowest BCUT2D eigenvalue weighted by molar-refractivity contribution is -0.123. The van der Waals surface area contributed by atoms with Crippen LogP contribution in [0.2, 0.25) is 0 Å². The molecule has 0 aromatic carbocycles. The molecule has 4 heteroatoms. The standard InChI is InChI=1S/C10H20N2O2/c1-8(13)5-7-12-10(14)9-4-2-3-6-11-9/h8-9,11,13H,2-7H2,1H3,(H,12,14). The molecule has 14 heavy (non-hydrogen) atoms. The van der Waals surface area contributed by atoms with Gasteiger partial charge >= 0.3 is 0 Å². The third-order valence-corrected chi connectivity index (χ3v) is 2.49. The molecule has 1 amide bonds. The van der Waals surface area contributed by atoms with Crippen molar-refractivity contribution in [1.29, 1.82) is 0 Å². The van der Waals surface area contributed by atoms with Crippen LogP contribution in [0.25, 0.3) is 0 Å². The summed E-state index contributed by atoms with van der Waals surface area (Å²) in [5.74, 6) is 0.0744. The van der Waals surface area contributed by atoms with Crippen molar-refractivity contribution in [1.82, 2.24) is 10.6 Å². The van der Waals surface area contributed by atoms with Gasteiger partial charge in [-0.15, -0.1) is 0 Å². The van der Waals surface area contributed by atoms with Gasteiger partial charge in [-0.25, -0.2) is 0 Å². The van der Waals surface area contributed by atoms with Crippen LogP contribution in [0.5, 0.6) is 0 Å². The predicted octanol–water partition coefficient (Wildman–Crippen LogP) is 0.0156. The SMILES string of the molecule is CC(O)CCNC(=O)C1CCCCN1. The fourth-order valence-electron chi connectivity index (χ4n) is 1.60. The zero-order valence-electron chi connectivity index (χ0n) is 8.75. The summed E-state index contributed by atoms with van der Waals surface area (Å²) in [6.45, 7) is 3.23. The summed E-state index contributed by atoms with van der Waals surface area (Å²) >= 11 is 0. The quantitative estimate of drug-likeness (QED) is 0.599. The number of nitrogens with one attached hydrogen (secondary N) is 2. The molecule has 3 N–H and O–H groups in total. The molecule has 1 aliphatic rings. The lowest BCUT2D eigenvalue weighted by atomic mass is 10.0. The smallest absolute Gasteiger partial charge is 0.237 e. The van der Waals surface area contributed by atoms with E-state index in [-0.39, 0.29) is 18.1 Å². The van der Waals surface area contributed by atoms with Crippen LogP contribution in [-0.2, 0) is 4.79 Å². The van der Waals surface area contributed by atoms with E-state index < -0.39 is 0 Å². The number of carbonyl (C=O) groups excluding carboxylic acids is 1. The van der Waals surface area contributed by atoms with Gasteiger partial charge in [-0.1, -0.05) is 6.42 Å². The number of hydrogen-bond acceptors (Lipinski definition) is 3. The largest absolute Gasteiger partial charge is 0.393 e. The first kappa shape index (κ1) is 11.5. The summed E-state index contributed by atoms with van der Waals surface area (Å²) in [5, 5.41) is 15.0. The van der Waals surface area contributed by atoms with E-state index in [1.807, 2.05) is 0 Å². The van der Waals surface area contributed by atoms with Gasteiger partial charge in [0.2, 0.25) is 5.91 Å². The molecule has 1 fully saturated rings. The van der Waals surface area contributed by atoms with E-state index in [1.54, 1.807) is 6.92 Å². The van der Waals surface area contributed by atoms with E-state index in [4.69, 9.17) is 5.11 Å². The Kier molecular flexibility index (Phi) is 4.90. The molecule has 1 heterocycles. The summed E-state index contributed by atoms with van der Waals surface area (Å²) < 4.78 is 0. The van der Waals surface area contributed by atoms with E-state index in [9.17, 15) is 4.79 Å². The Hall–Kier alpha value is -0.610. The van der Waals surface area contributed by atoms with Crippen LogP contribution in [0.4, 0.5) is 0 Å². The van der Waals surface area contributed by atoms with Gasteiger partial charge in [0.25, 0.3) is 0 Å². The highest BCUT2D eigenvalue weighted by atomic mass is 16.3. The number of hydrogen-bond donors (Lipinski definition) is 3. The average molecular weight is 200 g/mol. The van der Waals surface area contributed by atoms with Crippen LogP contribution in [0.1, 0.15) is 32.6 Å². The summed E-state index contributed by atoms with van der Waals surface area (Å²) in [7, 11) is 0. The molecular weight excluding hydrogens is 180 g/mol. The first-order valence-corrected chi connectivity index (χ1v) is 5.39. The molecule has 1 aliphatic heterocycles. The van der Waals surface area contributed by atoms with E-state index in [1.165, 1.54) is 0 Å². The molecule has 0 bridgehead atoms. The maximum atomic E-state index is 11.5. The lowest BCUT2D eigenvalue weighted by Gasteiger charge is -2.22. The Morgan fingerprint density at radius 1 is 1.64 bits per heavy atom. The monoisotopic (exact) mass is 200 g/mol. The molecule has 2 unspecified atom stereocenters. The third kappa shape index (κ3) is 4.07. The maximum Gasteiger partial charge on any atom is 0.237 e. The molecule has 0 aromatic rings. The number of aliphatic hydroxyl groups is 1. The van der Waals surface area contributed by atoms with Crippen molar-refractivity contribution in [3.63, 3.8) is 0 Å². The molecule has 0 aliphatic carbocycles. The molecular formula is C10H20N2O2. The fraction of sp³-hybridized carbons (Fsp3) is 0.900. The third-order valence-electron chi connectivity index (χ3n) is 2.49. The first-order valence-electron chi connectivity index (χ1n) is 5.39. The van der Waals surface area contributed by atoms with Crippen LogP contribution >= 0.6 is 0 Å². The van der Waals surface area contributed by atoms with Crippen molar-refractivity contribution in [3.05, 3.63) is 0 Å². The van der Waals surface area contributed by atoms with Crippen LogP contribution < -0.4 is 10.6 Å². The zero-order chi connectivity index (χ0) is 10.4. The molecule has 0 aromatic heterocycles. The second-order valence-electron chi connectivity index (χ2n) is 3.93. The summed E-state index contributed by atoms with van der Waals surface area (Å²) in [6, 6.07) is -0.0160. The predicted molar refractivity (Wildman–Crippen MR) is 54.9 cm³/mol. The Labute approximate surface area is 85.1 Å². The minimum atomic E-state index is -0.338. The van der Waals surface area contributed by atoms with E-state index in [2.05, 4.69) is 10.6 Å². The van der Waals surface area contributed by atoms with Gasteiger partial charge in [0.05, 0.1) is 12.1 Å². The molecule has 1 rings (SSSR count). The lowest BCUT2D eigenvalue weighted by Crippen LogP contribution is -2.47. The van der Waals surface area contributed by atoms with E-state index in [0.717, 1.165) is 25.8 Å². The topological polar surface area (TPSA) is 61.4 Å². The van der Waals surface area contributed by atoms with E-state index >= 15 is 0 Å². The Bertz CT molecular complexity index is 177. The second-order valence-corrected chi connectivity index (χ2v) is 3.93. The van der Waals surface area contributed by atoms with Gasteiger partial charge in [0.15, 0.2) is 0 Å². The van der Waals surface area contributed by atoms with Gasteiger partial charge < -0.3 is 15.7 Å². The summed E-state index contributed by atoms with van der Waals surface area (Å²) in [4.78, 5) is 11.5. The summed E-state index contributed by atoms with van der Waals surface area (Å²) in [5.41, 5.74) is 0. The minimum Gasteiger partial charge on any atom is -0.393 e. The van der Waals surface area contributed by atoms with Crippen LogP contribution in [0, 0.1) is 0 Å². The number of amides is 1. The molecule has 82 valence electrons. The molecule has 0 spiro atoms. The highest BCUT2D eigenvalue weighted by molar-refractivity contribution is 5.81. The number of aliphatic hydroxyl groups excluding tert-OH is 1. The number of carbonyl (C=O) groups is 1. The minimum absolute atomic E-state index is 0.0160. The van der Waals surface area contributed by atoms with Crippen LogP contribution in [0.15, 0.2) is 0 Å². The van der Waals surface area contributed by atoms with Crippen molar-refractivity contribution in [2.45, 2.75) is 44.8 Å². The van der Waals surface area contributed by atoms with Gasteiger partial charge in [-0.2, -0.15) is 0 Å². The molecule has 4 nitrogen and oxygen atoms in total. The highest BCUT2D eigenvalue weighted by Gasteiger charge is 2.19. The second kappa shape index (κ2) is 5.98.